The minimum absolute atomic E-state index is 0.205. The van der Waals surface area contributed by atoms with E-state index < -0.39 is 11.7 Å². The van der Waals surface area contributed by atoms with Crippen molar-refractivity contribution in [2.45, 2.75) is 19.6 Å². The van der Waals surface area contributed by atoms with Gasteiger partial charge in [0.1, 0.15) is 0 Å². The van der Waals surface area contributed by atoms with Crippen LogP contribution in [0.4, 0.5) is 18.9 Å². The van der Waals surface area contributed by atoms with E-state index >= 15 is 0 Å². The van der Waals surface area contributed by atoms with Crippen molar-refractivity contribution in [2.24, 2.45) is 0 Å². The predicted octanol–water partition coefficient (Wildman–Crippen LogP) is 4.40. The molecule has 1 aromatic carbocycles. The minimum atomic E-state index is -4.46. The van der Waals surface area contributed by atoms with E-state index in [2.05, 4.69) is 20.3 Å². The topological polar surface area (TPSA) is 63.1 Å². The first-order chi connectivity index (χ1) is 15.3. The van der Waals surface area contributed by atoms with E-state index in [9.17, 15) is 18.0 Å². The third kappa shape index (κ3) is 5.13. The molecule has 0 unspecified atom stereocenters. The lowest BCUT2D eigenvalue weighted by molar-refractivity contribution is -0.137. The van der Waals surface area contributed by atoms with Crippen molar-refractivity contribution in [3.63, 3.8) is 0 Å². The lowest BCUT2D eigenvalue weighted by Gasteiger charge is -2.26. The normalized spacial score (nSPS) is 15.0. The number of carbonyl (C=O) groups excluding carboxylic acids is 1. The number of aromatic nitrogens is 3. The van der Waals surface area contributed by atoms with Crippen LogP contribution in [0, 0.1) is 6.92 Å². The number of amides is 1. The molecule has 1 saturated heterocycles. The Morgan fingerprint density at radius 2 is 1.94 bits per heavy atom. The van der Waals surface area contributed by atoms with Crippen molar-refractivity contribution in [3.8, 4) is 5.82 Å². The summed E-state index contributed by atoms with van der Waals surface area (Å²) in [5, 5.41) is 7.03. The van der Waals surface area contributed by atoms with Gasteiger partial charge in [-0.25, -0.2) is 9.67 Å². The van der Waals surface area contributed by atoms with Gasteiger partial charge in [0.05, 0.1) is 23.0 Å². The van der Waals surface area contributed by atoms with Gasteiger partial charge in [0.15, 0.2) is 5.82 Å². The Morgan fingerprint density at radius 3 is 2.62 bits per heavy atom. The van der Waals surface area contributed by atoms with Gasteiger partial charge in [-0.2, -0.15) is 30.0 Å². The molecule has 4 rings (SSSR count). The van der Waals surface area contributed by atoms with Crippen LogP contribution in [-0.4, -0.2) is 50.2 Å². The Bertz CT molecular complexity index is 1090. The number of alkyl halides is 3. The maximum absolute atomic E-state index is 12.8. The molecule has 1 fully saturated rings. The summed E-state index contributed by atoms with van der Waals surface area (Å²) in [5.41, 5.74) is 1.77. The van der Waals surface area contributed by atoms with Gasteiger partial charge in [0, 0.05) is 43.0 Å². The molecule has 1 aliphatic heterocycles. The van der Waals surface area contributed by atoms with Crippen molar-refractivity contribution < 1.29 is 18.0 Å². The maximum atomic E-state index is 12.8. The SMILES string of the molecule is Cc1c(C(=O)Nc2cccc(CN3CCSCC3)c2)cnn1-c1ccc(C(F)(F)F)cn1. The lowest BCUT2D eigenvalue weighted by Crippen LogP contribution is -2.31. The summed E-state index contributed by atoms with van der Waals surface area (Å²) in [6, 6.07) is 9.90. The highest BCUT2D eigenvalue weighted by atomic mass is 32.2. The first-order valence-corrected chi connectivity index (χ1v) is 11.3. The molecule has 0 spiro atoms. The van der Waals surface area contributed by atoms with E-state index in [0.29, 0.717) is 16.9 Å². The number of nitrogens with zero attached hydrogens (tertiary/aromatic N) is 4. The molecule has 1 N–H and O–H groups in total. The monoisotopic (exact) mass is 461 g/mol. The second-order valence-electron chi connectivity index (χ2n) is 7.50. The van der Waals surface area contributed by atoms with E-state index in [4.69, 9.17) is 0 Å². The third-order valence-electron chi connectivity index (χ3n) is 5.24. The molecule has 6 nitrogen and oxygen atoms in total. The first kappa shape index (κ1) is 22.3. The fourth-order valence-corrected chi connectivity index (χ4v) is 4.48. The van der Waals surface area contributed by atoms with Gasteiger partial charge in [-0.1, -0.05) is 12.1 Å². The number of rotatable bonds is 5. The molecule has 0 radical (unpaired) electrons. The van der Waals surface area contributed by atoms with E-state index in [0.717, 1.165) is 49.0 Å². The second kappa shape index (κ2) is 9.33. The standard InChI is InChI=1S/C22H22F3N5OS/c1-15-19(13-27-30(15)20-6-5-17(12-26-20)22(23,24)25)21(31)28-18-4-2-3-16(11-18)14-29-7-9-32-10-8-29/h2-6,11-13H,7-10,14H2,1H3,(H,28,31). The lowest BCUT2D eigenvalue weighted by atomic mass is 10.1. The number of thioether (sulfide) groups is 1. The molecule has 0 bridgehead atoms. The number of carbonyl (C=O) groups is 1. The van der Waals surface area contributed by atoms with Crippen molar-refractivity contribution in [2.75, 3.05) is 29.9 Å². The summed E-state index contributed by atoms with van der Waals surface area (Å²) in [5.74, 6) is 2.13. The number of pyridine rings is 1. The summed E-state index contributed by atoms with van der Waals surface area (Å²) < 4.78 is 39.6. The Balaban J connectivity index is 1.46. The van der Waals surface area contributed by atoms with Crippen LogP contribution in [0.3, 0.4) is 0 Å². The number of hydrogen-bond donors (Lipinski definition) is 1. The van der Waals surface area contributed by atoms with Gasteiger partial charge < -0.3 is 5.32 Å². The largest absolute Gasteiger partial charge is 0.417 e. The van der Waals surface area contributed by atoms with Crippen molar-refractivity contribution in [1.82, 2.24) is 19.7 Å². The zero-order valence-corrected chi connectivity index (χ0v) is 18.2. The highest BCUT2D eigenvalue weighted by molar-refractivity contribution is 7.99. The molecule has 1 amide bonds. The molecule has 168 valence electrons. The van der Waals surface area contributed by atoms with Crippen LogP contribution in [0.2, 0.25) is 0 Å². The highest BCUT2D eigenvalue weighted by Crippen LogP contribution is 2.29. The summed E-state index contributed by atoms with van der Waals surface area (Å²) >= 11 is 1.96. The third-order valence-corrected chi connectivity index (χ3v) is 6.18. The minimum Gasteiger partial charge on any atom is -0.322 e. The molecule has 1 aliphatic rings. The van der Waals surface area contributed by atoms with Gasteiger partial charge in [0.2, 0.25) is 0 Å². The molecular formula is C22H22F3N5OS. The van der Waals surface area contributed by atoms with Gasteiger partial charge in [0.25, 0.3) is 5.91 Å². The van der Waals surface area contributed by atoms with Gasteiger partial charge >= 0.3 is 6.18 Å². The van der Waals surface area contributed by atoms with Gasteiger partial charge in [-0.05, 0) is 36.8 Å². The van der Waals surface area contributed by atoms with E-state index in [1.807, 2.05) is 36.0 Å². The number of nitrogens with one attached hydrogen (secondary N) is 1. The molecule has 0 saturated carbocycles. The quantitative estimate of drug-likeness (QED) is 0.611. The fourth-order valence-electron chi connectivity index (χ4n) is 3.51. The van der Waals surface area contributed by atoms with Crippen LogP contribution in [0.1, 0.15) is 27.2 Å². The van der Waals surface area contributed by atoms with Crippen LogP contribution >= 0.6 is 11.8 Å². The number of hydrogen-bond acceptors (Lipinski definition) is 5. The van der Waals surface area contributed by atoms with Crippen LogP contribution in [0.15, 0.2) is 48.8 Å². The highest BCUT2D eigenvalue weighted by Gasteiger charge is 2.30. The van der Waals surface area contributed by atoms with Crippen molar-refractivity contribution in [3.05, 3.63) is 71.2 Å². The smallest absolute Gasteiger partial charge is 0.322 e. The second-order valence-corrected chi connectivity index (χ2v) is 8.73. The molecule has 3 heterocycles. The maximum Gasteiger partial charge on any atom is 0.417 e. The predicted molar refractivity (Wildman–Crippen MR) is 118 cm³/mol. The van der Waals surface area contributed by atoms with Crippen LogP contribution in [0.5, 0.6) is 0 Å². The summed E-state index contributed by atoms with van der Waals surface area (Å²) in [4.78, 5) is 19.1. The Morgan fingerprint density at radius 1 is 1.16 bits per heavy atom. The summed E-state index contributed by atoms with van der Waals surface area (Å²) in [6.07, 6.45) is -2.32. The first-order valence-electron chi connectivity index (χ1n) is 10.1. The molecule has 0 aliphatic carbocycles. The van der Waals surface area contributed by atoms with Gasteiger partial charge in [-0.3, -0.25) is 9.69 Å². The molecular weight excluding hydrogens is 439 g/mol. The molecule has 0 atom stereocenters. The van der Waals surface area contributed by atoms with E-state index in [1.54, 1.807) is 6.92 Å². The van der Waals surface area contributed by atoms with Crippen LogP contribution < -0.4 is 5.32 Å². The number of halogens is 3. The Labute approximate surface area is 187 Å². The number of benzene rings is 1. The Kier molecular flexibility index (Phi) is 6.52. The van der Waals surface area contributed by atoms with Gasteiger partial charge in [-0.15, -0.1) is 0 Å². The van der Waals surface area contributed by atoms with E-state index in [1.165, 1.54) is 16.9 Å². The summed E-state index contributed by atoms with van der Waals surface area (Å²) in [6.45, 7) is 4.61. The van der Waals surface area contributed by atoms with Crippen molar-refractivity contribution >= 4 is 23.4 Å². The average Bonchev–Trinajstić information content (AvgIpc) is 3.15. The Hall–Kier alpha value is -2.85. The molecule has 32 heavy (non-hydrogen) atoms. The van der Waals surface area contributed by atoms with Crippen molar-refractivity contribution in [1.29, 1.82) is 0 Å². The van der Waals surface area contributed by atoms with E-state index in [-0.39, 0.29) is 11.7 Å². The van der Waals surface area contributed by atoms with Crippen LogP contribution in [0.25, 0.3) is 5.82 Å². The number of anilines is 1. The average molecular weight is 462 g/mol. The zero-order chi connectivity index (χ0) is 22.7. The fraction of sp³-hybridized carbons (Fsp3) is 0.318. The molecule has 10 heteroatoms. The van der Waals surface area contributed by atoms with Crippen LogP contribution in [-0.2, 0) is 12.7 Å². The summed E-state index contributed by atoms with van der Waals surface area (Å²) in [7, 11) is 0. The molecule has 3 aromatic rings. The zero-order valence-electron chi connectivity index (χ0n) is 17.4. The molecule has 2 aromatic heterocycles.